The Bertz CT molecular complexity index is 656. The minimum absolute atomic E-state index is 0.166. The third-order valence-electron chi connectivity index (χ3n) is 3.01. The number of carbonyl (C=O) groups is 1. The maximum Gasteiger partial charge on any atom is 0.255 e. The number of nitrogens with one attached hydrogen (secondary N) is 1. The average Bonchev–Trinajstić information content (AvgIpc) is 2.43. The Morgan fingerprint density at radius 2 is 1.95 bits per heavy atom. The molecule has 0 atom stereocenters. The van der Waals surface area contributed by atoms with E-state index in [-0.39, 0.29) is 5.91 Å². The number of benzene rings is 2. The molecule has 0 aliphatic carbocycles. The van der Waals surface area contributed by atoms with Crippen molar-refractivity contribution in [2.75, 3.05) is 25.1 Å². The van der Waals surface area contributed by atoms with Gasteiger partial charge in [-0.1, -0.05) is 18.2 Å². The molecule has 110 valence electrons. The molecule has 0 spiro atoms. The number of carbonyl (C=O) groups excluding carboxylic acids is 1. The molecule has 0 radical (unpaired) electrons. The van der Waals surface area contributed by atoms with E-state index in [1.807, 2.05) is 38.4 Å². The number of para-hydroxylation sites is 1. The fraction of sp³-hybridized carbons (Fsp3) is 0.188. The highest BCUT2D eigenvalue weighted by Crippen LogP contribution is 2.22. The average molecular weight is 348 g/mol. The molecule has 0 aliphatic rings. The molecule has 0 unspecified atom stereocenters. The lowest BCUT2D eigenvalue weighted by Gasteiger charge is -2.15. The second kappa shape index (κ2) is 6.74. The standard InChI is InChI=1S/C16H18BrN3O/c1-20(2)10-12-5-3-4-6-15(12)19-16(21)11-7-8-13(17)14(18)9-11/h3-9H,10,18H2,1-2H3,(H,19,21). The van der Waals surface area contributed by atoms with Crippen molar-refractivity contribution in [1.82, 2.24) is 4.90 Å². The lowest BCUT2D eigenvalue weighted by Crippen LogP contribution is -2.16. The van der Waals surface area contributed by atoms with Crippen LogP contribution in [0.25, 0.3) is 0 Å². The number of anilines is 2. The fourth-order valence-corrected chi connectivity index (χ4v) is 2.25. The third kappa shape index (κ3) is 4.06. The van der Waals surface area contributed by atoms with Gasteiger partial charge in [-0.2, -0.15) is 0 Å². The number of rotatable bonds is 4. The van der Waals surface area contributed by atoms with Crippen LogP contribution in [-0.4, -0.2) is 24.9 Å². The number of halogens is 1. The zero-order valence-corrected chi connectivity index (χ0v) is 13.6. The van der Waals surface area contributed by atoms with Crippen LogP contribution in [0.15, 0.2) is 46.9 Å². The molecule has 0 heterocycles. The second-order valence-electron chi connectivity index (χ2n) is 5.09. The summed E-state index contributed by atoms with van der Waals surface area (Å²) < 4.78 is 0.784. The first-order valence-corrected chi connectivity index (χ1v) is 7.35. The van der Waals surface area contributed by atoms with Crippen molar-refractivity contribution in [3.63, 3.8) is 0 Å². The van der Waals surface area contributed by atoms with E-state index < -0.39 is 0 Å². The molecule has 0 aliphatic heterocycles. The summed E-state index contributed by atoms with van der Waals surface area (Å²) in [6, 6.07) is 13.0. The van der Waals surface area contributed by atoms with Crippen molar-refractivity contribution in [3.8, 4) is 0 Å². The van der Waals surface area contributed by atoms with Crippen molar-refractivity contribution in [2.45, 2.75) is 6.54 Å². The van der Waals surface area contributed by atoms with Gasteiger partial charge in [0.25, 0.3) is 5.91 Å². The first kappa shape index (κ1) is 15.5. The first-order valence-electron chi connectivity index (χ1n) is 6.56. The molecule has 2 aromatic carbocycles. The lowest BCUT2D eigenvalue weighted by molar-refractivity contribution is 0.102. The second-order valence-corrected chi connectivity index (χ2v) is 5.94. The Labute approximate surface area is 133 Å². The smallest absolute Gasteiger partial charge is 0.255 e. The number of nitrogen functional groups attached to an aromatic ring is 1. The van der Waals surface area contributed by atoms with Gasteiger partial charge in [-0.25, -0.2) is 0 Å². The Hall–Kier alpha value is -1.85. The van der Waals surface area contributed by atoms with E-state index in [1.54, 1.807) is 18.2 Å². The molecule has 4 nitrogen and oxygen atoms in total. The molecule has 1 amide bonds. The van der Waals surface area contributed by atoms with E-state index in [2.05, 4.69) is 26.1 Å². The maximum absolute atomic E-state index is 12.3. The molecule has 3 N–H and O–H groups in total. The highest BCUT2D eigenvalue weighted by atomic mass is 79.9. The Morgan fingerprint density at radius 1 is 1.24 bits per heavy atom. The van der Waals surface area contributed by atoms with E-state index in [0.717, 1.165) is 22.3 Å². The van der Waals surface area contributed by atoms with Crippen LogP contribution in [0.3, 0.4) is 0 Å². The van der Waals surface area contributed by atoms with Crippen LogP contribution in [0.5, 0.6) is 0 Å². The largest absolute Gasteiger partial charge is 0.398 e. The van der Waals surface area contributed by atoms with Crippen molar-refractivity contribution < 1.29 is 4.79 Å². The number of nitrogens with zero attached hydrogens (tertiary/aromatic N) is 1. The topological polar surface area (TPSA) is 58.4 Å². The van der Waals surface area contributed by atoms with Gasteiger partial charge in [-0.05, 0) is 59.9 Å². The van der Waals surface area contributed by atoms with Gasteiger partial charge in [0.2, 0.25) is 0 Å². The molecule has 21 heavy (non-hydrogen) atoms. The van der Waals surface area contributed by atoms with Gasteiger partial charge in [0.1, 0.15) is 0 Å². The van der Waals surface area contributed by atoms with E-state index in [9.17, 15) is 4.79 Å². The Morgan fingerprint density at radius 3 is 2.62 bits per heavy atom. The number of nitrogens with two attached hydrogens (primary N) is 1. The van der Waals surface area contributed by atoms with Crippen molar-refractivity contribution in [1.29, 1.82) is 0 Å². The maximum atomic E-state index is 12.3. The van der Waals surface area contributed by atoms with Gasteiger partial charge < -0.3 is 16.0 Å². The zero-order valence-electron chi connectivity index (χ0n) is 12.1. The van der Waals surface area contributed by atoms with Crippen LogP contribution < -0.4 is 11.1 Å². The van der Waals surface area contributed by atoms with E-state index in [1.165, 1.54) is 0 Å². The summed E-state index contributed by atoms with van der Waals surface area (Å²) in [5, 5.41) is 2.94. The van der Waals surface area contributed by atoms with Gasteiger partial charge in [0.15, 0.2) is 0 Å². The van der Waals surface area contributed by atoms with Crippen molar-refractivity contribution in [3.05, 3.63) is 58.1 Å². The summed E-state index contributed by atoms with van der Waals surface area (Å²) in [7, 11) is 3.99. The quantitative estimate of drug-likeness (QED) is 0.833. The highest BCUT2D eigenvalue weighted by Gasteiger charge is 2.10. The number of amides is 1. The molecule has 0 aromatic heterocycles. The summed E-state index contributed by atoms with van der Waals surface area (Å²) >= 11 is 3.32. The zero-order chi connectivity index (χ0) is 15.4. The van der Waals surface area contributed by atoms with Crippen LogP contribution in [0.4, 0.5) is 11.4 Å². The molecule has 0 saturated carbocycles. The SMILES string of the molecule is CN(C)Cc1ccccc1NC(=O)c1ccc(Br)c(N)c1. The van der Waals surface area contributed by atoms with Crippen molar-refractivity contribution >= 4 is 33.2 Å². The Balaban J connectivity index is 2.21. The normalized spacial score (nSPS) is 10.7. The minimum atomic E-state index is -0.166. The molecule has 0 bridgehead atoms. The van der Waals surface area contributed by atoms with Crippen LogP contribution in [0.1, 0.15) is 15.9 Å². The monoisotopic (exact) mass is 347 g/mol. The Kier molecular flexibility index (Phi) is 4.98. The predicted molar refractivity (Wildman–Crippen MR) is 90.3 cm³/mol. The predicted octanol–water partition coefficient (Wildman–Crippen LogP) is 3.35. The van der Waals surface area contributed by atoms with Crippen LogP contribution >= 0.6 is 15.9 Å². The van der Waals surface area contributed by atoms with E-state index in [0.29, 0.717) is 11.3 Å². The molecular formula is C16H18BrN3O. The molecule has 5 heteroatoms. The summed E-state index contributed by atoms with van der Waals surface area (Å²) in [4.78, 5) is 14.4. The van der Waals surface area contributed by atoms with Crippen molar-refractivity contribution in [2.24, 2.45) is 0 Å². The third-order valence-corrected chi connectivity index (χ3v) is 3.73. The summed E-state index contributed by atoms with van der Waals surface area (Å²) in [6.45, 7) is 0.763. The van der Waals surface area contributed by atoms with E-state index in [4.69, 9.17) is 5.73 Å². The molecule has 0 saturated heterocycles. The first-order chi connectivity index (χ1) is 9.97. The van der Waals surface area contributed by atoms with Gasteiger partial charge in [-0.3, -0.25) is 4.79 Å². The molecule has 2 aromatic rings. The summed E-state index contributed by atoms with van der Waals surface area (Å²) in [6.07, 6.45) is 0. The van der Waals surface area contributed by atoms with Crippen LogP contribution in [-0.2, 0) is 6.54 Å². The van der Waals surface area contributed by atoms with Gasteiger partial charge in [0.05, 0.1) is 0 Å². The minimum Gasteiger partial charge on any atom is -0.398 e. The van der Waals surface area contributed by atoms with Crippen LogP contribution in [0, 0.1) is 0 Å². The fourth-order valence-electron chi connectivity index (χ4n) is 2.00. The summed E-state index contributed by atoms with van der Waals surface area (Å²) in [5.74, 6) is -0.166. The molecular weight excluding hydrogens is 330 g/mol. The highest BCUT2D eigenvalue weighted by molar-refractivity contribution is 9.10. The van der Waals surface area contributed by atoms with Gasteiger partial charge >= 0.3 is 0 Å². The number of hydrogen-bond donors (Lipinski definition) is 2. The van der Waals surface area contributed by atoms with Gasteiger partial charge in [-0.15, -0.1) is 0 Å². The van der Waals surface area contributed by atoms with Crippen LogP contribution in [0.2, 0.25) is 0 Å². The number of hydrogen-bond acceptors (Lipinski definition) is 3. The summed E-state index contributed by atoms with van der Waals surface area (Å²) in [5.41, 5.74) is 8.78. The molecule has 2 rings (SSSR count). The van der Waals surface area contributed by atoms with E-state index >= 15 is 0 Å². The van der Waals surface area contributed by atoms with Gasteiger partial charge in [0, 0.05) is 28.0 Å². The molecule has 0 fully saturated rings. The lowest BCUT2D eigenvalue weighted by atomic mass is 10.1.